The van der Waals surface area contributed by atoms with Gasteiger partial charge in [0, 0.05) is 57.0 Å². The van der Waals surface area contributed by atoms with Crippen molar-refractivity contribution in [3.63, 3.8) is 0 Å². The minimum atomic E-state index is -1.54. The fraction of sp³-hybridized carbons (Fsp3) is 0.905. The second kappa shape index (κ2) is 29.3. The first kappa shape index (κ1) is 38.5. The molecule has 0 aliphatic carbocycles. The van der Waals surface area contributed by atoms with E-state index in [0.717, 1.165) is 0 Å². The Morgan fingerprint density at radius 2 is 0.972 bits per heavy atom. The maximum Gasteiger partial charge on any atom is 0.379 e. The van der Waals surface area contributed by atoms with Crippen molar-refractivity contribution in [1.29, 1.82) is 0 Å². The molecule has 0 aliphatic rings. The Morgan fingerprint density at radius 3 is 1.22 bits per heavy atom. The SMILES string of the molecule is O=C(O)CCCCCCC(C(=O)O)[N+](=O)[O-].OCCN(CCO)CCO.OCCN(CCO)CCO. The number of hydrogen-bond acceptors (Lipinski definition) is 12. The van der Waals surface area contributed by atoms with Gasteiger partial charge in [0.15, 0.2) is 0 Å². The third-order valence-electron chi connectivity index (χ3n) is 4.66. The van der Waals surface area contributed by atoms with Crippen LogP contribution < -0.4 is 0 Å². The van der Waals surface area contributed by atoms with Crippen molar-refractivity contribution in [1.82, 2.24) is 9.80 Å². The molecule has 0 aromatic heterocycles. The summed E-state index contributed by atoms with van der Waals surface area (Å²) in [5.41, 5.74) is 0. The third-order valence-corrected chi connectivity index (χ3v) is 4.66. The first-order valence-corrected chi connectivity index (χ1v) is 11.8. The summed E-state index contributed by atoms with van der Waals surface area (Å²) < 4.78 is 0. The summed E-state index contributed by atoms with van der Waals surface area (Å²) in [6, 6.07) is -1.54. The highest BCUT2D eigenvalue weighted by molar-refractivity contribution is 5.71. The zero-order chi connectivity index (χ0) is 28.2. The van der Waals surface area contributed by atoms with Crippen LogP contribution in [0.5, 0.6) is 0 Å². The Labute approximate surface area is 211 Å². The highest BCUT2D eigenvalue weighted by Crippen LogP contribution is 2.09. The highest BCUT2D eigenvalue weighted by Gasteiger charge is 2.27. The van der Waals surface area contributed by atoms with Crippen molar-refractivity contribution in [2.24, 2.45) is 0 Å². The van der Waals surface area contributed by atoms with E-state index < -0.39 is 22.9 Å². The minimum Gasteiger partial charge on any atom is -0.481 e. The van der Waals surface area contributed by atoms with E-state index in [1.807, 2.05) is 0 Å². The fourth-order valence-electron chi connectivity index (χ4n) is 2.81. The predicted molar refractivity (Wildman–Crippen MR) is 129 cm³/mol. The molecule has 0 aliphatic heterocycles. The summed E-state index contributed by atoms with van der Waals surface area (Å²) in [5, 5.41) is 78.0. The molecule has 0 saturated carbocycles. The third kappa shape index (κ3) is 28.3. The lowest BCUT2D eigenvalue weighted by molar-refractivity contribution is -0.511. The number of nitrogens with zero attached hydrogens (tertiary/aromatic N) is 3. The van der Waals surface area contributed by atoms with Gasteiger partial charge in [0.2, 0.25) is 0 Å². The van der Waals surface area contributed by atoms with Gasteiger partial charge in [-0.25, -0.2) is 4.79 Å². The standard InChI is InChI=1S/C9H15NO6.2C6H15NO3/c11-8(12)6-4-2-1-3-5-7(9(13)14)10(15)16;2*8-4-1-7(2-5-9)3-6-10/h7H,1-6H2,(H,11,12)(H,13,14);2*8-10H,1-6H2. The molecule has 1 unspecified atom stereocenters. The van der Waals surface area contributed by atoms with E-state index in [1.165, 1.54) is 0 Å². The van der Waals surface area contributed by atoms with Crippen LogP contribution in [-0.2, 0) is 9.59 Å². The van der Waals surface area contributed by atoms with Gasteiger partial charge in [-0.1, -0.05) is 12.8 Å². The molecule has 0 aromatic carbocycles. The molecule has 0 amide bonds. The zero-order valence-corrected chi connectivity index (χ0v) is 20.9. The molecular formula is C21H45N3O12. The van der Waals surface area contributed by atoms with Crippen LogP contribution in [0.4, 0.5) is 0 Å². The molecule has 8 N–H and O–H groups in total. The van der Waals surface area contributed by atoms with Crippen LogP contribution in [0.25, 0.3) is 0 Å². The van der Waals surface area contributed by atoms with Gasteiger partial charge in [-0.15, -0.1) is 0 Å². The maximum atomic E-state index is 10.4. The summed E-state index contributed by atoms with van der Waals surface area (Å²) >= 11 is 0. The number of nitro groups is 1. The van der Waals surface area contributed by atoms with E-state index in [1.54, 1.807) is 9.80 Å². The number of carboxylic acid groups (broad SMARTS) is 2. The molecule has 0 spiro atoms. The van der Waals surface area contributed by atoms with Gasteiger partial charge >= 0.3 is 18.0 Å². The molecule has 1 atom stereocenters. The number of aliphatic hydroxyl groups is 6. The molecule has 0 aromatic rings. The summed E-state index contributed by atoms with van der Waals surface area (Å²) in [4.78, 5) is 33.7. The lowest BCUT2D eigenvalue weighted by Gasteiger charge is -2.17. The van der Waals surface area contributed by atoms with Gasteiger partial charge in [-0.2, -0.15) is 0 Å². The van der Waals surface area contributed by atoms with E-state index in [0.29, 0.717) is 65.0 Å². The molecule has 0 heterocycles. The number of rotatable bonds is 21. The molecule has 36 heavy (non-hydrogen) atoms. The topological polar surface area (TPSA) is 246 Å². The largest absolute Gasteiger partial charge is 0.481 e. The highest BCUT2D eigenvalue weighted by atomic mass is 16.6. The Morgan fingerprint density at radius 1 is 0.639 bits per heavy atom. The molecule has 15 nitrogen and oxygen atoms in total. The molecule has 0 fully saturated rings. The Kier molecular flexibility index (Phi) is 31.3. The monoisotopic (exact) mass is 531 g/mol. The summed E-state index contributed by atoms with van der Waals surface area (Å²) in [5.74, 6) is -2.29. The van der Waals surface area contributed by atoms with Crippen LogP contribution in [0.15, 0.2) is 0 Å². The van der Waals surface area contributed by atoms with Crippen LogP contribution in [0.3, 0.4) is 0 Å². The van der Waals surface area contributed by atoms with Crippen LogP contribution in [0, 0.1) is 10.1 Å². The number of carbonyl (C=O) groups is 2. The molecule has 0 saturated heterocycles. The van der Waals surface area contributed by atoms with Gasteiger partial charge in [-0.05, 0) is 12.8 Å². The van der Waals surface area contributed by atoms with Crippen molar-refractivity contribution in [2.75, 3.05) is 78.9 Å². The van der Waals surface area contributed by atoms with E-state index in [2.05, 4.69) is 0 Å². The zero-order valence-electron chi connectivity index (χ0n) is 20.9. The van der Waals surface area contributed by atoms with E-state index in [4.69, 9.17) is 40.9 Å². The molecule has 0 bridgehead atoms. The average molecular weight is 532 g/mol. The number of aliphatic hydroxyl groups excluding tert-OH is 6. The molecule has 0 radical (unpaired) electrons. The van der Waals surface area contributed by atoms with Crippen molar-refractivity contribution < 1.29 is 55.4 Å². The normalized spacial score (nSPS) is 11.3. The van der Waals surface area contributed by atoms with E-state index in [-0.39, 0.29) is 52.5 Å². The van der Waals surface area contributed by atoms with Crippen LogP contribution in [-0.4, -0.2) is 152 Å². The first-order chi connectivity index (χ1) is 17.1. The lowest BCUT2D eigenvalue weighted by Crippen LogP contribution is -2.32. The lowest BCUT2D eigenvalue weighted by atomic mass is 10.1. The van der Waals surface area contributed by atoms with Gasteiger partial charge < -0.3 is 40.9 Å². The van der Waals surface area contributed by atoms with E-state index in [9.17, 15) is 19.7 Å². The molecule has 216 valence electrons. The number of unbranched alkanes of at least 4 members (excludes halogenated alkanes) is 3. The maximum absolute atomic E-state index is 10.4. The predicted octanol–water partition coefficient (Wildman–Crippen LogP) is -2.33. The van der Waals surface area contributed by atoms with Crippen molar-refractivity contribution in [3.8, 4) is 0 Å². The molecule has 15 heteroatoms. The Balaban J connectivity index is -0.000000476. The smallest absolute Gasteiger partial charge is 0.379 e. The Hall–Kier alpha value is -1.98. The second-order valence-electron chi connectivity index (χ2n) is 7.51. The van der Waals surface area contributed by atoms with Gasteiger partial charge in [-0.3, -0.25) is 24.7 Å². The fourth-order valence-corrected chi connectivity index (χ4v) is 2.81. The molecular weight excluding hydrogens is 486 g/mol. The van der Waals surface area contributed by atoms with Crippen LogP contribution in [0.2, 0.25) is 0 Å². The van der Waals surface area contributed by atoms with Crippen molar-refractivity contribution in [2.45, 2.75) is 44.6 Å². The summed E-state index contributed by atoms with van der Waals surface area (Å²) in [6.07, 6.45) is 2.29. The van der Waals surface area contributed by atoms with Gasteiger partial charge in [0.25, 0.3) is 0 Å². The Bertz CT molecular complexity index is 468. The quantitative estimate of drug-likeness (QED) is 0.0440. The van der Waals surface area contributed by atoms with Crippen LogP contribution >= 0.6 is 0 Å². The number of carboxylic acids is 2. The van der Waals surface area contributed by atoms with Gasteiger partial charge in [0.05, 0.1) is 39.6 Å². The minimum absolute atomic E-state index is 0.00456. The summed E-state index contributed by atoms with van der Waals surface area (Å²) in [6.45, 7) is 3.51. The van der Waals surface area contributed by atoms with Crippen molar-refractivity contribution >= 4 is 11.9 Å². The summed E-state index contributed by atoms with van der Waals surface area (Å²) in [7, 11) is 0. The van der Waals surface area contributed by atoms with Crippen molar-refractivity contribution in [3.05, 3.63) is 10.1 Å². The van der Waals surface area contributed by atoms with E-state index >= 15 is 0 Å². The van der Waals surface area contributed by atoms with Gasteiger partial charge in [0.1, 0.15) is 0 Å². The number of aliphatic carboxylic acids is 2. The van der Waals surface area contributed by atoms with Crippen LogP contribution in [0.1, 0.15) is 38.5 Å². The first-order valence-electron chi connectivity index (χ1n) is 11.8. The molecule has 0 rings (SSSR count). The average Bonchev–Trinajstić information content (AvgIpc) is 2.80. The second-order valence-corrected chi connectivity index (χ2v) is 7.51. The number of hydrogen-bond donors (Lipinski definition) is 8.